The number of aliphatic imine (C=N–C) groups is 1. The highest BCUT2D eigenvalue weighted by atomic mass is 79.9. The van der Waals surface area contributed by atoms with E-state index in [9.17, 15) is 0 Å². The second kappa shape index (κ2) is 4.18. The van der Waals surface area contributed by atoms with Crippen molar-refractivity contribution in [3.8, 4) is 0 Å². The van der Waals surface area contributed by atoms with Gasteiger partial charge in [0.15, 0.2) is 0 Å². The average molecular weight is 285 g/mol. The van der Waals surface area contributed by atoms with Crippen molar-refractivity contribution < 1.29 is 0 Å². The molecule has 15 heavy (non-hydrogen) atoms. The zero-order valence-corrected chi connectivity index (χ0v) is 11.4. The molecule has 1 unspecified atom stereocenters. The first-order chi connectivity index (χ1) is 7.13. The molecule has 0 N–H and O–H groups in total. The Morgan fingerprint density at radius 3 is 2.87 bits per heavy atom. The first-order valence-corrected chi connectivity index (χ1v) is 6.80. The molecule has 0 radical (unpaired) electrons. The molecule has 2 nitrogen and oxygen atoms in total. The van der Waals surface area contributed by atoms with Gasteiger partial charge in [0.05, 0.1) is 0 Å². The molecule has 1 aromatic carbocycles. The molecule has 0 aromatic heterocycles. The Balaban J connectivity index is 2.58. The topological polar surface area (TPSA) is 15.6 Å². The number of halogens is 1. The molecule has 80 valence electrons. The minimum absolute atomic E-state index is 0.223. The standard InChI is InChI=1S/C11H13BrN2S/c1-7-13-11(15-3)9-6-8(12)4-5-10(9)14(7)2/h4-7H,1-3H3. The number of hydrogen-bond donors (Lipinski definition) is 0. The Labute approximate surface area is 103 Å². The van der Waals surface area contributed by atoms with Gasteiger partial charge in [-0.05, 0) is 31.4 Å². The van der Waals surface area contributed by atoms with Crippen LogP contribution in [0.25, 0.3) is 0 Å². The van der Waals surface area contributed by atoms with Gasteiger partial charge in [-0.1, -0.05) is 15.9 Å². The summed E-state index contributed by atoms with van der Waals surface area (Å²) in [7, 11) is 2.08. The number of thioether (sulfide) groups is 1. The molecule has 1 aromatic rings. The highest BCUT2D eigenvalue weighted by molar-refractivity contribution is 9.10. The van der Waals surface area contributed by atoms with Crippen LogP contribution in [-0.2, 0) is 0 Å². The Hall–Kier alpha value is -0.480. The molecule has 1 heterocycles. The lowest BCUT2D eigenvalue weighted by Crippen LogP contribution is -2.32. The van der Waals surface area contributed by atoms with E-state index in [2.05, 4.69) is 64.2 Å². The van der Waals surface area contributed by atoms with Gasteiger partial charge in [0.25, 0.3) is 0 Å². The molecule has 0 fully saturated rings. The van der Waals surface area contributed by atoms with E-state index in [0.717, 1.165) is 9.52 Å². The minimum Gasteiger partial charge on any atom is -0.352 e. The van der Waals surface area contributed by atoms with Gasteiger partial charge in [-0.3, -0.25) is 4.99 Å². The van der Waals surface area contributed by atoms with E-state index in [1.54, 1.807) is 11.8 Å². The van der Waals surface area contributed by atoms with Gasteiger partial charge < -0.3 is 4.90 Å². The molecule has 1 aliphatic heterocycles. The molecular weight excluding hydrogens is 272 g/mol. The SMILES string of the molecule is CSC1=NC(C)N(C)c2ccc(Br)cc21. The molecule has 0 saturated heterocycles. The molecule has 0 spiro atoms. The van der Waals surface area contributed by atoms with Crippen LogP contribution in [0.5, 0.6) is 0 Å². The molecule has 0 aliphatic carbocycles. The summed E-state index contributed by atoms with van der Waals surface area (Å²) in [5.74, 6) is 0. The van der Waals surface area contributed by atoms with Crippen LogP contribution in [0.15, 0.2) is 27.7 Å². The van der Waals surface area contributed by atoms with Crippen molar-refractivity contribution in [1.82, 2.24) is 0 Å². The van der Waals surface area contributed by atoms with Crippen LogP contribution < -0.4 is 4.90 Å². The first-order valence-electron chi connectivity index (χ1n) is 4.78. The average Bonchev–Trinajstić information content (AvgIpc) is 2.23. The summed E-state index contributed by atoms with van der Waals surface area (Å²) in [6.45, 7) is 2.11. The number of rotatable bonds is 0. The molecule has 0 amide bonds. The van der Waals surface area contributed by atoms with E-state index in [4.69, 9.17) is 0 Å². The van der Waals surface area contributed by atoms with Crippen molar-refractivity contribution in [3.05, 3.63) is 28.2 Å². The van der Waals surface area contributed by atoms with Crippen LogP contribution in [0.2, 0.25) is 0 Å². The quantitative estimate of drug-likeness (QED) is 0.726. The van der Waals surface area contributed by atoms with Gasteiger partial charge in [0, 0.05) is 22.8 Å². The fourth-order valence-electron chi connectivity index (χ4n) is 1.68. The summed E-state index contributed by atoms with van der Waals surface area (Å²) >= 11 is 5.20. The third-order valence-electron chi connectivity index (χ3n) is 2.63. The van der Waals surface area contributed by atoms with Crippen LogP contribution in [0.1, 0.15) is 12.5 Å². The summed E-state index contributed by atoms with van der Waals surface area (Å²) in [5.41, 5.74) is 2.47. The monoisotopic (exact) mass is 284 g/mol. The number of hydrogen-bond acceptors (Lipinski definition) is 3. The van der Waals surface area contributed by atoms with Crippen LogP contribution >= 0.6 is 27.7 Å². The summed E-state index contributed by atoms with van der Waals surface area (Å²) in [4.78, 5) is 6.84. The number of benzene rings is 1. The lowest BCUT2D eigenvalue weighted by Gasteiger charge is -2.31. The van der Waals surface area contributed by atoms with Crippen molar-refractivity contribution in [3.63, 3.8) is 0 Å². The molecule has 2 rings (SSSR count). The normalized spacial score (nSPS) is 19.9. The summed E-state index contributed by atoms with van der Waals surface area (Å²) in [6, 6.07) is 6.35. The van der Waals surface area contributed by atoms with E-state index in [1.165, 1.54) is 11.3 Å². The Morgan fingerprint density at radius 1 is 1.47 bits per heavy atom. The Morgan fingerprint density at radius 2 is 2.20 bits per heavy atom. The van der Waals surface area contributed by atoms with Crippen LogP contribution in [0.3, 0.4) is 0 Å². The lowest BCUT2D eigenvalue weighted by atomic mass is 10.1. The van der Waals surface area contributed by atoms with Gasteiger partial charge in [-0.15, -0.1) is 11.8 Å². The predicted molar refractivity (Wildman–Crippen MR) is 72.1 cm³/mol. The van der Waals surface area contributed by atoms with Crippen molar-refractivity contribution in [2.24, 2.45) is 4.99 Å². The lowest BCUT2D eigenvalue weighted by molar-refractivity contribution is 0.716. The smallest absolute Gasteiger partial charge is 0.119 e. The molecule has 1 aliphatic rings. The molecule has 0 saturated carbocycles. The summed E-state index contributed by atoms with van der Waals surface area (Å²) < 4.78 is 1.10. The number of nitrogens with zero attached hydrogens (tertiary/aromatic N) is 2. The second-order valence-electron chi connectivity index (χ2n) is 3.54. The van der Waals surface area contributed by atoms with E-state index < -0.39 is 0 Å². The highest BCUT2D eigenvalue weighted by Gasteiger charge is 2.21. The fourth-order valence-corrected chi connectivity index (χ4v) is 2.68. The summed E-state index contributed by atoms with van der Waals surface area (Å²) in [5, 5.41) is 1.12. The predicted octanol–water partition coefficient (Wildman–Crippen LogP) is 3.35. The second-order valence-corrected chi connectivity index (χ2v) is 5.25. The molecule has 4 heteroatoms. The van der Waals surface area contributed by atoms with Crippen LogP contribution in [0.4, 0.5) is 5.69 Å². The minimum atomic E-state index is 0.223. The van der Waals surface area contributed by atoms with E-state index in [1.807, 2.05) is 0 Å². The Bertz CT molecular complexity index is 417. The summed E-state index contributed by atoms with van der Waals surface area (Å²) in [6.07, 6.45) is 2.29. The van der Waals surface area contributed by atoms with E-state index in [-0.39, 0.29) is 6.17 Å². The third-order valence-corrected chi connectivity index (χ3v) is 3.83. The van der Waals surface area contributed by atoms with Gasteiger partial charge in [0.2, 0.25) is 0 Å². The van der Waals surface area contributed by atoms with Crippen molar-refractivity contribution in [1.29, 1.82) is 0 Å². The molecule has 0 bridgehead atoms. The van der Waals surface area contributed by atoms with Gasteiger partial charge in [0.1, 0.15) is 11.2 Å². The van der Waals surface area contributed by atoms with Crippen molar-refractivity contribution >= 4 is 38.4 Å². The van der Waals surface area contributed by atoms with Gasteiger partial charge in [-0.2, -0.15) is 0 Å². The zero-order valence-electron chi connectivity index (χ0n) is 8.99. The van der Waals surface area contributed by atoms with Crippen LogP contribution in [-0.4, -0.2) is 24.5 Å². The van der Waals surface area contributed by atoms with E-state index in [0.29, 0.717) is 0 Å². The maximum absolute atomic E-state index is 4.65. The number of fused-ring (bicyclic) bond motifs is 1. The van der Waals surface area contributed by atoms with Crippen LogP contribution in [0, 0.1) is 0 Å². The molecular formula is C11H13BrN2S. The number of anilines is 1. The van der Waals surface area contributed by atoms with Gasteiger partial charge in [-0.25, -0.2) is 0 Å². The van der Waals surface area contributed by atoms with Gasteiger partial charge >= 0.3 is 0 Å². The largest absolute Gasteiger partial charge is 0.352 e. The maximum atomic E-state index is 4.65. The highest BCUT2D eigenvalue weighted by Crippen LogP contribution is 2.32. The zero-order chi connectivity index (χ0) is 11.0. The van der Waals surface area contributed by atoms with Crippen molar-refractivity contribution in [2.75, 3.05) is 18.2 Å². The van der Waals surface area contributed by atoms with E-state index >= 15 is 0 Å². The third kappa shape index (κ3) is 1.93. The fraction of sp³-hybridized carbons (Fsp3) is 0.364. The first kappa shape index (κ1) is 11.0. The maximum Gasteiger partial charge on any atom is 0.119 e. The molecule has 1 atom stereocenters. The Kier molecular flexibility index (Phi) is 3.07. The van der Waals surface area contributed by atoms with Crippen molar-refractivity contribution in [2.45, 2.75) is 13.1 Å².